The molecule has 0 amide bonds. The summed E-state index contributed by atoms with van der Waals surface area (Å²) < 4.78 is 0. The van der Waals surface area contributed by atoms with Crippen LogP contribution in [0, 0.1) is 0 Å². The lowest BCUT2D eigenvalue weighted by molar-refractivity contribution is 0.0591. The van der Waals surface area contributed by atoms with Gasteiger partial charge in [-0.2, -0.15) is 0 Å². The quantitative estimate of drug-likeness (QED) is 0.814. The Bertz CT molecular complexity index is 457. The molecule has 0 spiro atoms. The summed E-state index contributed by atoms with van der Waals surface area (Å²) in [6.07, 6.45) is 0. The predicted molar refractivity (Wildman–Crippen MR) is 91.7 cm³/mol. The van der Waals surface area contributed by atoms with E-state index in [1.165, 1.54) is 37.3 Å². The number of piperazine rings is 1. The second-order valence-corrected chi connectivity index (χ2v) is 8.38. The van der Waals surface area contributed by atoms with E-state index in [1.807, 2.05) is 0 Å². The lowest BCUT2D eigenvalue weighted by Gasteiger charge is -2.42. The van der Waals surface area contributed by atoms with Gasteiger partial charge in [-0.15, -0.1) is 0 Å². The Kier molecular flexibility index (Phi) is 4.79. The van der Waals surface area contributed by atoms with Gasteiger partial charge in [-0.1, -0.05) is 45.0 Å². The average molecular weight is 288 g/mol. The standard InChI is InChI=1S/C19H32N2/c1-18(2,3)17-9-7-8-16(14-17)15-20-10-12-21(13-11-20)19(4,5)6/h7-9,14H,10-13,15H2,1-6H3. The summed E-state index contributed by atoms with van der Waals surface area (Å²) in [6, 6.07) is 9.11. The average Bonchev–Trinajstić information content (AvgIpc) is 2.37. The molecule has 0 bridgehead atoms. The van der Waals surface area contributed by atoms with Gasteiger partial charge in [0.2, 0.25) is 0 Å². The van der Waals surface area contributed by atoms with E-state index in [9.17, 15) is 0 Å². The first-order chi connectivity index (χ1) is 9.66. The van der Waals surface area contributed by atoms with Gasteiger partial charge in [0.15, 0.2) is 0 Å². The minimum atomic E-state index is 0.237. The van der Waals surface area contributed by atoms with E-state index >= 15 is 0 Å². The molecule has 0 aliphatic carbocycles. The Hall–Kier alpha value is -0.860. The lowest BCUT2D eigenvalue weighted by Crippen LogP contribution is -2.53. The van der Waals surface area contributed by atoms with Crippen molar-refractivity contribution in [3.63, 3.8) is 0 Å². The van der Waals surface area contributed by atoms with E-state index in [-0.39, 0.29) is 5.41 Å². The molecular formula is C19H32N2. The summed E-state index contributed by atoms with van der Waals surface area (Å²) >= 11 is 0. The summed E-state index contributed by atoms with van der Waals surface area (Å²) in [4.78, 5) is 5.18. The van der Waals surface area contributed by atoms with E-state index < -0.39 is 0 Å². The lowest BCUT2D eigenvalue weighted by atomic mass is 9.86. The van der Waals surface area contributed by atoms with Crippen LogP contribution in [0.3, 0.4) is 0 Å². The highest BCUT2D eigenvalue weighted by Crippen LogP contribution is 2.24. The van der Waals surface area contributed by atoms with Crippen LogP contribution in [0.2, 0.25) is 0 Å². The molecule has 1 aliphatic heterocycles. The van der Waals surface area contributed by atoms with E-state index in [1.54, 1.807) is 0 Å². The molecule has 1 saturated heterocycles. The number of benzene rings is 1. The number of nitrogens with zero attached hydrogens (tertiary/aromatic N) is 2. The number of rotatable bonds is 2. The molecule has 1 fully saturated rings. The number of hydrogen-bond donors (Lipinski definition) is 0. The monoisotopic (exact) mass is 288 g/mol. The summed E-state index contributed by atoms with van der Waals surface area (Å²) in [7, 11) is 0. The summed E-state index contributed by atoms with van der Waals surface area (Å²) in [6.45, 7) is 19.6. The molecular weight excluding hydrogens is 256 g/mol. The smallest absolute Gasteiger partial charge is 0.0234 e. The fraction of sp³-hybridized carbons (Fsp3) is 0.684. The largest absolute Gasteiger partial charge is 0.297 e. The second-order valence-electron chi connectivity index (χ2n) is 8.38. The van der Waals surface area contributed by atoms with Crippen LogP contribution in [-0.2, 0) is 12.0 Å². The molecule has 0 unspecified atom stereocenters. The third kappa shape index (κ3) is 4.55. The maximum atomic E-state index is 2.59. The van der Waals surface area contributed by atoms with Gasteiger partial charge >= 0.3 is 0 Å². The van der Waals surface area contributed by atoms with Crippen molar-refractivity contribution in [2.45, 2.75) is 59.0 Å². The van der Waals surface area contributed by atoms with E-state index in [0.717, 1.165) is 6.54 Å². The Labute approximate surface area is 131 Å². The van der Waals surface area contributed by atoms with Gasteiger partial charge < -0.3 is 0 Å². The Morgan fingerprint density at radius 1 is 0.905 bits per heavy atom. The van der Waals surface area contributed by atoms with Crippen molar-refractivity contribution < 1.29 is 0 Å². The van der Waals surface area contributed by atoms with Crippen molar-refractivity contribution in [3.05, 3.63) is 35.4 Å². The molecule has 0 aromatic heterocycles. The first kappa shape index (κ1) is 16.5. The highest BCUT2D eigenvalue weighted by atomic mass is 15.3. The maximum absolute atomic E-state index is 2.59. The van der Waals surface area contributed by atoms with Gasteiger partial charge in [0.25, 0.3) is 0 Å². The van der Waals surface area contributed by atoms with Crippen LogP contribution in [0.25, 0.3) is 0 Å². The first-order valence-corrected chi connectivity index (χ1v) is 8.23. The van der Waals surface area contributed by atoms with Crippen molar-refractivity contribution in [3.8, 4) is 0 Å². The van der Waals surface area contributed by atoms with Gasteiger partial charge in [0.05, 0.1) is 0 Å². The fourth-order valence-electron chi connectivity index (χ4n) is 2.97. The topological polar surface area (TPSA) is 6.48 Å². The van der Waals surface area contributed by atoms with Crippen molar-refractivity contribution in [1.82, 2.24) is 9.80 Å². The minimum absolute atomic E-state index is 0.237. The Morgan fingerprint density at radius 2 is 1.52 bits per heavy atom. The van der Waals surface area contributed by atoms with Gasteiger partial charge in [-0.3, -0.25) is 9.80 Å². The molecule has 1 aliphatic rings. The van der Waals surface area contributed by atoms with Crippen LogP contribution in [0.4, 0.5) is 0 Å². The van der Waals surface area contributed by atoms with Crippen LogP contribution in [0.15, 0.2) is 24.3 Å². The molecule has 2 rings (SSSR count). The Morgan fingerprint density at radius 3 is 2.05 bits per heavy atom. The second kappa shape index (κ2) is 6.10. The third-order valence-electron chi connectivity index (χ3n) is 4.52. The van der Waals surface area contributed by atoms with E-state index in [0.29, 0.717) is 5.54 Å². The van der Waals surface area contributed by atoms with Crippen LogP contribution in [0.1, 0.15) is 52.7 Å². The minimum Gasteiger partial charge on any atom is -0.297 e. The van der Waals surface area contributed by atoms with Crippen LogP contribution in [0.5, 0.6) is 0 Å². The van der Waals surface area contributed by atoms with Gasteiger partial charge in [-0.05, 0) is 37.3 Å². The molecule has 1 aromatic carbocycles. The molecule has 21 heavy (non-hydrogen) atoms. The highest BCUT2D eigenvalue weighted by Gasteiger charge is 2.25. The molecule has 118 valence electrons. The molecule has 1 heterocycles. The van der Waals surface area contributed by atoms with Crippen LogP contribution < -0.4 is 0 Å². The molecule has 0 atom stereocenters. The van der Waals surface area contributed by atoms with Crippen molar-refractivity contribution >= 4 is 0 Å². The highest BCUT2D eigenvalue weighted by molar-refractivity contribution is 5.28. The fourth-order valence-corrected chi connectivity index (χ4v) is 2.97. The van der Waals surface area contributed by atoms with E-state index in [4.69, 9.17) is 0 Å². The molecule has 0 radical (unpaired) electrons. The van der Waals surface area contributed by atoms with Crippen molar-refractivity contribution in [2.75, 3.05) is 26.2 Å². The molecule has 2 nitrogen and oxygen atoms in total. The van der Waals surface area contributed by atoms with Gasteiger partial charge in [0, 0.05) is 38.3 Å². The molecule has 0 saturated carbocycles. The zero-order valence-corrected chi connectivity index (χ0v) is 14.7. The van der Waals surface area contributed by atoms with Crippen molar-refractivity contribution in [2.24, 2.45) is 0 Å². The van der Waals surface area contributed by atoms with Crippen LogP contribution in [-0.4, -0.2) is 41.5 Å². The molecule has 1 aromatic rings. The zero-order valence-electron chi connectivity index (χ0n) is 14.7. The molecule has 0 N–H and O–H groups in total. The first-order valence-electron chi connectivity index (χ1n) is 8.23. The Balaban J connectivity index is 1.95. The maximum Gasteiger partial charge on any atom is 0.0234 e. The number of hydrogen-bond acceptors (Lipinski definition) is 2. The summed E-state index contributed by atoms with van der Waals surface area (Å²) in [5.41, 5.74) is 3.43. The van der Waals surface area contributed by atoms with Crippen LogP contribution >= 0.6 is 0 Å². The molecule has 2 heteroatoms. The van der Waals surface area contributed by atoms with Gasteiger partial charge in [0.1, 0.15) is 0 Å². The summed E-state index contributed by atoms with van der Waals surface area (Å²) in [5, 5.41) is 0. The normalized spacial score (nSPS) is 19.0. The van der Waals surface area contributed by atoms with Crippen molar-refractivity contribution in [1.29, 1.82) is 0 Å². The third-order valence-corrected chi connectivity index (χ3v) is 4.52. The SMILES string of the molecule is CC(C)(C)c1cccc(CN2CCN(C(C)(C)C)CC2)c1. The van der Waals surface area contributed by atoms with E-state index in [2.05, 4.69) is 75.6 Å². The predicted octanol–water partition coefficient (Wildman–Crippen LogP) is 3.90. The summed E-state index contributed by atoms with van der Waals surface area (Å²) in [5.74, 6) is 0. The zero-order chi connectivity index (χ0) is 15.7. The van der Waals surface area contributed by atoms with Gasteiger partial charge in [-0.25, -0.2) is 0 Å².